The van der Waals surface area contributed by atoms with Gasteiger partial charge < -0.3 is 10.2 Å². The molecule has 0 radical (unpaired) electrons. The average Bonchev–Trinajstić information content (AvgIpc) is 2.46. The predicted molar refractivity (Wildman–Crippen MR) is 84.7 cm³/mol. The van der Waals surface area contributed by atoms with Gasteiger partial charge in [0, 0.05) is 17.8 Å². The number of aromatic nitrogens is 2. The zero-order valence-electron chi connectivity index (χ0n) is 13.1. The number of nitrogen functional groups attached to an aromatic ring is 1. The van der Waals surface area contributed by atoms with Gasteiger partial charge in [-0.1, -0.05) is 13.8 Å². The highest BCUT2D eigenvalue weighted by Gasteiger charge is 2.08. The van der Waals surface area contributed by atoms with E-state index in [9.17, 15) is 0 Å². The van der Waals surface area contributed by atoms with Crippen LogP contribution in [0, 0.1) is 6.92 Å². The van der Waals surface area contributed by atoms with Crippen LogP contribution in [0.25, 0.3) is 0 Å². The highest BCUT2D eigenvalue weighted by molar-refractivity contribution is 5.46. The van der Waals surface area contributed by atoms with Gasteiger partial charge in [0.1, 0.15) is 5.82 Å². The Morgan fingerprint density at radius 1 is 1.35 bits per heavy atom. The topological polar surface area (TPSA) is 79.1 Å². The summed E-state index contributed by atoms with van der Waals surface area (Å²) in [6.07, 6.45) is 4.07. The minimum atomic E-state index is 0.379. The van der Waals surface area contributed by atoms with Crippen LogP contribution in [0.1, 0.15) is 39.2 Å². The quantitative estimate of drug-likeness (QED) is 0.474. The van der Waals surface area contributed by atoms with Crippen molar-refractivity contribution in [1.29, 1.82) is 0 Å². The van der Waals surface area contributed by atoms with Crippen molar-refractivity contribution in [3.05, 3.63) is 11.8 Å². The van der Waals surface area contributed by atoms with E-state index < -0.39 is 0 Å². The lowest BCUT2D eigenvalue weighted by molar-refractivity contribution is 0.295. The summed E-state index contributed by atoms with van der Waals surface area (Å²) >= 11 is 0. The molecule has 1 atom stereocenters. The molecule has 0 saturated carbocycles. The number of anilines is 2. The normalized spacial score (nSPS) is 12.5. The molecule has 1 aromatic heterocycles. The van der Waals surface area contributed by atoms with E-state index in [0.717, 1.165) is 37.4 Å². The molecule has 1 unspecified atom stereocenters. The second-order valence-electron chi connectivity index (χ2n) is 5.08. The Labute approximate surface area is 122 Å². The highest BCUT2D eigenvalue weighted by atomic mass is 15.3. The second-order valence-corrected chi connectivity index (χ2v) is 5.08. The Bertz CT molecular complexity index is 391. The Morgan fingerprint density at radius 2 is 2.05 bits per heavy atom. The number of nitrogens with two attached hydrogens (primary N) is 1. The number of hydrazine groups is 1. The van der Waals surface area contributed by atoms with Crippen molar-refractivity contribution in [3.63, 3.8) is 0 Å². The van der Waals surface area contributed by atoms with E-state index >= 15 is 0 Å². The van der Waals surface area contributed by atoms with Gasteiger partial charge in [-0.3, -0.25) is 5.43 Å². The predicted octanol–water partition coefficient (Wildman–Crippen LogP) is 1.99. The van der Waals surface area contributed by atoms with Crippen molar-refractivity contribution in [2.24, 2.45) is 5.84 Å². The lowest BCUT2D eigenvalue weighted by atomic mass is 10.1. The Kier molecular flexibility index (Phi) is 7.25. The summed E-state index contributed by atoms with van der Waals surface area (Å²) in [5.74, 6) is 6.62. The van der Waals surface area contributed by atoms with Gasteiger partial charge in [0.25, 0.3) is 0 Å². The fraction of sp³-hybridized carbons (Fsp3) is 0.714. The van der Waals surface area contributed by atoms with Crippen LogP contribution in [0.3, 0.4) is 0 Å². The first-order chi connectivity index (χ1) is 9.60. The Hall–Kier alpha value is -1.40. The number of nitrogens with zero attached hydrogens (tertiary/aromatic N) is 3. The lowest BCUT2D eigenvalue weighted by Crippen LogP contribution is -2.26. The summed E-state index contributed by atoms with van der Waals surface area (Å²) in [5.41, 5.74) is 3.50. The van der Waals surface area contributed by atoms with Gasteiger partial charge in [0.05, 0.1) is 0 Å². The summed E-state index contributed by atoms with van der Waals surface area (Å²) in [6.45, 7) is 12.0. The first-order valence-electron chi connectivity index (χ1n) is 7.39. The third-order valence-electron chi connectivity index (χ3n) is 3.49. The van der Waals surface area contributed by atoms with Crippen LogP contribution >= 0.6 is 0 Å². The monoisotopic (exact) mass is 280 g/mol. The molecule has 0 aliphatic heterocycles. The van der Waals surface area contributed by atoms with Crippen LogP contribution < -0.4 is 16.6 Å². The molecule has 0 amide bonds. The van der Waals surface area contributed by atoms with E-state index in [2.05, 4.69) is 46.4 Å². The first-order valence-corrected chi connectivity index (χ1v) is 7.39. The molecule has 1 rings (SSSR count). The number of aryl methyl sites for hydroxylation is 1. The van der Waals surface area contributed by atoms with Crippen molar-refractivity contribution in [2.75, 3.05) is 30.4 Å². The largest absolute Gasteiger partial charge is 0.367 e. The molecule has 0 aliphatic carbocycles. The van der Waals surface area contributed by atoms with E-state index in [0.29, 0.717) is 12.0 Å². The first kappa shape index (κ1) is 16.7. The maximum atomic E-state index is 5.34. The summed E-state index contributed by atoms with van der Waals surface area (Å²) < 4.78 is 0. The summed E-state index contributed by atoms with van der Waals surface area (Å²) in [4.78, 5) is 10.9. The van der Waals surface area contributed by atoms with Crippen LogP contribution in [0.5, 0.6) is 0 Å². The van der Waals surface area contributed by atoms with Crippen molar-refractivity contribution < 1.29 is 0 Å². The van der Waals surface area contributed by atoms with E-state index in [-0.39, 0.29) is 0 Å². The third-order valence-corrected chi connectivity index (χ3v) is 3.49. The maximum absolute atomic E-state index is 5.34. The molecule has 114 valence electrons. The minimum absolute atomic E-state index is 0.379. The zero-order valence-corrected chi connectivity index (χ0v) is 13.1. The number of hydrogen-bond donors (Lipinski definition) is 3. The number of rotatable bonds is 9. The van der Waals surface area contributed by atoms with Gasteiger partial charge in [-0.05, 0) is 46.3 Å². The molecular formula is C14H28N6. The van der Waals surface area contributed by atoms with Crippen LogP contribution in [0.4, 0.5) is 11.8 Å². The van der Waals surface area contributed by atoms with Crippen molar-refractivity contribution in [3.8, 4) is 0 Å². The maximum Gasteiger partial charge on any atom is 0.239 e. The molecular weight excluding hydrogens is 252 g/mol. The molecule has 1 aromatic rings. The van der Waals surface area contributed by atoms with Crippen molar-refractivity contribution in [1.82, 2.24) is 14.9 Å². The van der Waals surface area contributed by atoms with Crippen molar-refractivity contribution >= 4 is 11.8 Å². The van der Waals surface area contributed by atoms with E-state index in [1.165, 1.54) is 6.42 Å². The summed E-state index contributed by atoms with van der Waals surface area (Å²) in [5, 5.41) is 3.43. The standard InChI is InChI=1S/C14H28N6/c1-5-20(6-2)9-7-8-12(4)17-13-11(3)10-16-14(18-13)19-15/h10,12H,5-9,15H2,1-4H3,(H2,16,17,18,19). The van der Waals surface area contributed by atoms with Gasteiger partial charge in [-0.25, -0.2) is 10.8 Å². The average molecular weight is 280 g/mol. The van der Waals surface area contributed by atoms with Crippen LogP contribution in [0.2, 0.25) is 0 Å². The molecule has 6 heteroatoms. The molecule has 0 fully saturated rings. The van der Waals surface area contributed by atoms with Crippen LogP contribution in [-0.4, -0.2) is 40.5 Å². The van der Waals surface area contributed by atoms with Gasteiger partial charge in [-0.15, -0.1) is 0 Å². The number of hydrogen-bond acceptors (Lipinski definition) is 6. The molecule has 6 nitrogen and oxygen atoms in total. The van der Waals surface area contributed by atoms with Gasteiger partial charge >= 0.3 is 0 Å². The summed E-state index contributed by atoms with van der Waals surface area (Å²) in [7, 11) is 0. The summed E-state index contributed by atoms with van der Waals surface area (Å²) in [6, 6.07) is 0.379. The van der Waals surface area contributed by atoms with E-state index in [1.54, 1.807) is 6.20 Å². The number of nitrogens with one attached hydrogen (secondary N) is 2. The van der Waals surface area contributed by atoms with Gasteiger partial charge in [0.15, 0.2) is 0 Å². The molecule has 0 spiro atoms. The Balaban J connectivity index is 2.44. The fourth-order valence-electron chi connectivity index (χ4n) is 2.12. The van der Waals surface area contributed by atoms with Gasteiger partial charge in [0.2, 0.25) is 5.95 Å². The van der Waals surface area contributed by atoms with E-state index in [4.69, 9.17) is 5.84 Å². The minimum Gasteiger partial charge on any atom is -0.367 e. The molecule has 4 N–H and O–H groups in total. The highest BCUT2D eigenvalue weighted by Crippen LogP contribution is 2.14. The van der Waals surface area contributed by atoms with Crippen LogP contribution in [-0.2, 0) is 0 Å². The molecule has 0 aromatic carbocycles. The van der Waals surface area contributed by atoms with E-state index in [1.807, 2.05) is 6.92 Å². The van der Waals surface area contributed by atoms with Crippen molar-refractivity contribution in [2.45, 2.75) is 46.6 Å². The van der Waals surface area contributed by atoms with Crippen LogP contribution in [0.15, 0.2) is 6.20 Å². The molecule has 1 heterocycles. The second kappa shape index (κ2) is 8.71. The SMILES string of the molecule is CCN(CC)CCCC(C)Nc1nc(NN)ncc1C. The molecule has 0 bridgehead atoms. The zero-order chi connectivity index (χ0) is 15.0. The third kappa shape index (κ3) is 5.30. The smallest absolute Gasteiger partial charge is 0.239 e. The lowest BCUT2D eigenvalue weighted by Gasteiger charge is -2.20. The molecule has 20 heavy (non-hydrogen) atoms. The fourth-order valence-corrected chi connectivity index (χ4v) is 2.12. The molecule has 0 aliphatic rings. The van der Waals surface area contributed by atoms with Gasteiger partial charge in [-0.2, -0.15) is 4.98 Å². The molecule has 0 saturated heterocycles. The Morgan fingerprint density at radius 3 is 2.65 bits per heavy atom.